The highest BCUT2D eigenvalue weighted by Gasteiger charge is 2.42. The lowest BCUT2D eigenvalue weighted by molar-refractivity contribution is -0.140. The second kappa shape index (κ2) is 11.6. The van der Waals surface area contributed by atoms with Crippen molar-refractivity contribution in [2.75, 3.05) is 33.4 Å². The van der Waals surface area contributed by atoms with Gasteiger partial charge in [-0.1, -0.05) is 18.2 Å². The van der Waals surface area contributed by atoms with Crippen molar-refractivity contribution in [2.45, 2.75) is 44.6 Å². The van der Waals surface area contributed by atoms with Gasteiger partial charge in [-0.3, -0.25) is 9.58 Å². The molecular weight excluding hydrogens is 446 g/mol. The average Bonchev–Trinajstić information content (AvgIpc) is 3.37. The van der Waals surface area contributed by atoms with Crippen LogP contribution in [0, 0.1) is 6.92 Å². The first-order valence-electron chi connectivity index (χ1n) is 12.0. The summed E-state index contributed by atoms with van der Waals surface area (Å²) in [5, 5.41) is 26.0. The monoisotopic (exact) mass is 481 g/mol. The first-order valence-corrected chi connectivity index (χ1v) is 12.0. The van der Waals surface area contributed by atoms with Crippen molar-refractivity contribution in [3.63, 3.8) is 0 Å². The fourth-order valence-electron chi connectivity index (χ4n) is 4.37. The van der Waals surface area contributed by atoms with Crippen LogP contribution in [0.2, 0.25) is 0 Å². The van der Waals surface area contributed by atoms with Gasteiger partial charge in [0.2, 0.25) is 0 Å². The second-order valence-electron chi connectivity index (χ2n) is 9.18. The van der Waals surface area contributed by atoms with Gasteiger partial charge < -0.3 is 24.4 Å². The number of aryl methyl sites for hydroxylation is 2. The number of piperidine rings is 1. The minimum Gasteiger partial charge on any atom is -0.493 e. The number of aliphatic hydroxyl groups is 2. The van der Waals surface area contributed by atoms with Crippen LogP contribution in [0.1, 0.15) is 24.0 Å². The molecule has 1 aliphatic rings. The van der Waals surface area contributed by atoms with E-state index in [1.165, 1.54) is 0 Å². The SMILES string of the molecule is COc1ccc(CN2CC[C@H](O)[C@@](O)(COc3cccc(C)c3)C2)cc1OCCCn1cccn1. The van der Waals surface area contributed by atoms with Crippen LogP contribution in [-0.2, 0) is 13.1 Å². The Morgan fingerprint density at radius 1 is 1.11 bits per heavy atom. The molecule has 1 aliphatic heterocycles. The summed E-state index contributed by atoms with van der Waals surface area (Å²) in [6.45, 7) is 4.96. The lowest BCUT2D eigenvalue weighted by Crippen LogP contribution is -2.59. The van der Waals surface area contributed by atoms with E-state index in [9.17, 15) is 10.2 Å². The Kier molecular flexibility index (Phi) is 8.28. The summed E-state index contributed by atoms with van der Waals surface area (Å²) in [5.41, 5.74) is 0.783. The van der Waals surface area contributed by atoms with E-state index in [-0.39, 0.29) is 6.61 Å². The number of aliphatic hydroxyl groups excluding tert-OH is 1. The van der Waals surface area contributed by atoms with Crippen molar-refractivity contribution in [1.29, 1.82) is 0 Å². The Hall–Kier alpha value is -3.07. The summed E-state index contributed by atoms with van der Waals surface area (Å²) in [6, 6.07) is 15.5. The fourth-order valence-corrected chi connectivity index (χ4v) is 4.37. The number of nitrogens with zero attached hydrogens (tertiary/aromatic N) is 3. The highest BCUT2D eigenvalue weighted by atomic mass is 16.5. The van der Waals surface area contributed by atoms with E-state index < -0.39 is 11.7 Å². The van der Waals surface area contributed by atoms with Crippen molar-refractivity contribution in [3.8, 4) is 17.2 Å². The zero-order chi connectivity index (χ0) is 24.7. The van der Waals surface area contributed by atoms with Gasteiger partial charge >= 0.3 is 0 Å². The molecule has 8 nitrogen and oxygen atoms in total. The molecule has 188 valence electrons. The molecule has 0 bridgehead atoms. The van der Waals surface area contributed by atoms with Crippen molar-refractivity contribution >= 4 is 0 Å². The molecule has 0 spiro atoms. The standard InChI is InChI=1S/C27H35N3O5/c1-21-6-3-7-23(16-21)35-20-27(32)19-29(14-10-26(27)31)18-22-8-9-24(33-2)25(17-22)34-15-5-13-30-12-4-11-28-30/h3-4,6-9,11-12,16-17,26,31-32H,5,10,13-15,18-20H2,1-2H3/t26-,27-/m0/s1. The van der Waals surface area contributed by atoms with Gasteiger partial charge in [0.15, 0.2) is 11.5 Å². The summed E-state index contributed by atoms with van der Waals surface area (Å²) in [6.07, 6.45) is 4.16. The van der Waals surface area contributed by atoms with Gasteiger partial charge in [0.1, 0.15) is 18.0 Å². The maximum absolute atomic E-state index is 11.2. The van der Waals surface area contributed by atoms with E-state index in [2.05, 4.69) is 10.00 Å². The summed E-state index contributed by atoms with van der Waals surface area (Å²) < 4.78 is 19.2. The van der Waals surface area contributed by atoms with Crippen LogP contribution in [0.3, 0.4) is 0 Å². The molecule has 0 unspecified atom stereocenters. The average molecular weight is 482 g/mol. The van der Waals surface area contributed by atoms with Crippen LogP contribution in [0.4, 0.5) is 0 Å². The largest absolute Gasteiger partial charge is 0.493 e. The van der Waals surface area contributed by atoms with Gasteiger partial charge in [-0.05, 0) is 54.8 Å². The van der Waals surface area contributed by atoms with Gasteiger partial charge in [0.05, 0.1) is 19.8 Å². The van der Waals surface area contributed by atoms with Gasteiger partial charge in [-0.2, -0.15) is 5.10 Å². The maximum Gasteiger partial charge on any atom is 0.161 e. The Bertz CT molecular complexity index is 1070. The summed E-state index contributed by atoms with van der Waals surface area (Å²) in [7, 11) is 1.63. The summed E-state index contributed by atoms with van der Waals surface area (Å²) in [5.74, 6) is 2.07. The number of methoxy groups -OCH3 is 1. The van der Waals surface area contributed by atoms with Crippen molar-refractivity contribution in [1.82, 2.24) is 14.7 Å². The second-order valence-corrected chi connectivity index (χ2v) is 9.18. The van der Waals surface area contributed by atoms with Crippen molar-refractivity contribution in [3.05, 3.63) is 72.1 Å². The van der Waals surface area contributed by atoms with E-state index in [4.69, 9.17) is 14.2 Å². The molecule has 2 N–H and O–H groups in total. The van der Waals surface area contributed by atoms with Crippen LogP contribution in [-0.4, -0.2) is 70.0 Å². The number of ether oxygens (including phenoxy) is 3. The molecule has 0 radical (unpaired) electrons. The normalized spacial score (nSPS) is 20.5. The molecule has 0 aliphatic carbocycles. The Balaban J connectivity index is 1.35. The maximum atomic E-state index is 11.2. The molecule has 35 heavy (non-hydrogen) atoms. The molecule has 2 aromatic carbocycles. The van der Waals surface area contributed by atoms with Crippen LogP contribution in [0.5, 0.6) is 17.2 Å². The Morgan fingerprint density at radius 2 is 2.00 bits per heavy atom. The fraction of sp³-hybridized carbons (Fsp3) is 0.444. The first-order chi connectivity index (χ1) is 16.9. The Morgan fingerprint density at radius 3 is 2.77 bits per heavy atom. The molecule has 0 amide bonds. The minimum absolute atomic E-state index is 0.0291. The number of likely N-dealkylation sites (tertiary alicyclic amines) is 1. The predicted molar refractivity (Wildman–Crippen MR) is 133 cm³/mol. The third-order valence-corrected chi connectivity index (χ3v) is 6.30. The summed E-state index contributed by atoms with van der Waals surface area (Å²) >= 11 is 0. The van der Waals surface area contributed by atoms with E-state index in [1.54, 1.807) is 13.3 Å². The van der Waals surface area contributed by atoms with Gasteiger partial charge in [-0.15, -0.1) is 0 Å². The van der Waals surface area contributed by atoms with Gasteiger partial charge in [-0.25, -0.2) is 0 Å². The van der Waals surface area contributed by atoms with Crippen molar-refractivity contribution < 1.29 is 24.4 Å². The van der Waals surface area contributed by atoms with E-state index in [0.29, 0.717) is 49.9 Å². The minimum atomic E-state index is -1.35. The smallest absolute Gasteiger partial charge is 0.161 e. The van der Waals surface area contributed by atoms with E-state index >= 15 is 0 Å². The lowest BCUT2D eigenvalue weighted by Gasteiger charge is -2.42. The molecular formula is C27H35N3O5. The molecule has 8 heteroatoms. The quantitative estimate of drug-likeness (QED) is 0.407. The molecule has 3 aromatic rings. The molecule has 1 fully saturated rings. The van der Waals surface area contributed by atoms with Crippen LogP contribution >= 0.6 is 0 Å². The molecule has 0 saturated carbocycles. The molecule has 2 atom stereocenters. The third-order valence-electron chi connectivity index (χ3n) is 6.30. The zero-order valence-corrected chi connectivity index (χ0v) is 20.5. The third kappa shape index (κ3) is 6.75. The molecule has 1 saturated heterocycles. The number of rotatable bonds is 11. The molecule has 1 aromatic heterocycles. The number of aromatic nitrogens is 2. The highest BCUT2D eigenvalue weighted by molar-refractivity contribution is 5.43. The van der Waals surface area contributed by atoms with Gasteiger partial charge in [0, 0.05) is 45.0 Å². The van der Waals surface area contributed by atoms with Crippen LogP contribution < -0.4 is 14.2 Å². The number of benzene rings is 2. The number of hydrogen-bond acceptors (Lipinski definition) is 7. The summed E-state index contributed by atoms with van der Waals surface area (Å²) in [4.78, 5) is 2.13. The molecule has 2 heterocycles. The zero-order valence-electron chi connectivity index (χ0n) is 20.5. The van der Waals surface area contributed by atoms with Gasteiger partial charge in [0.25, 0.3) is 0 Å². The van der Waals surface area contributed by atoms with Crippen LogP contribution in [0.15, 0.2) is 60.9 Å². The topological polar surface area (TPSA) is 89.2 Å². The van der Waals surface area contributed by atoms with E-state index in [1.807, 2.05) is 66.3 Å². The van der Waals surface area contributed by atoms with Crippen molar-refractivity contribution in [2.24, 2.45) is 0 Å². The predicted octanol–water partition coefficient (Wildman–Crippen LogP) is 3.05. The number of hydrogen-bond donors (Lipinski definition) is 2. The first kappa shape index (κ1) is 25.0. The number of β-amino-alcohol motifs (C(OH)–C–C–N with tert-alkyl or cyclic N) is 1. The highest BCUT2D eigenvalue weighted by Crippen LogP contribution is 2.30. The lowest BCUT2D eigenvalue weighted by atomic mass is 9.90. The molecule has 4 rings (SSSR count). The van der Waals surface area contributed by atoms with E-state index in [0.717, 1.165) is 24.1 Å². The van der Waals surface area contributed by atoms with Crippen LogP contribution in [0.25, 0.3) is 0 Å². The Labute approximate surface area is 206 Å².